The fourth-order valence-electron chi connectivity index (χ4n) is 2.23. The lowest BCUT2D eigenvalue weighted by atomic mass is 10.1. The Morgan fingerprint density at radius 2 is 1.96 bits per heavy atom. The van der Waals surface area contributed by atoms with Crippen LogP contribution in [0.15, 0.2) is 57.8 Å². The fourth-order valence-corrected chi connectivity index (χ4v) is 2.23. The average Bonchev–Trinajstić information content (AvgIpc) is 3.00. The molecule has 0 fully saturated rings. The average molecular weight is 324 g/mol. The highest BCUT2D eigenvalue weighted by molar-refractivity contribution is 5.92. The summed E-state index contributed by atoms with van der Waals surface area (Å²) in [6.45, 7) is 3.33. The number of nitrogens with zero attached hydrogens (tertiary/aromatic N) is 3. The third-order valence-electron chi connectivity index (χ3n) is 3.52. The number of carbonyl (C=O) groups is 1. The van der Waals surface area contributed by atoms with Gasteiger partial charge < -0.3 is 9.84 Å². The van der Waals surface area contributed by atoms with E-state index in [-0.39, 0.29) is 5.56 Å². The Kier molecular flexibility index (Phi) is 4.24. The summed E-state index contributed by atoms with van der Waals surface area (Å²) in [6, 6.07) is 13.3. The number of hydrogen-bond acceptors (Lipinski definition) is 5. The van der Waals surface area contributed by atoms with Gasteiger partial charge >= 0.3 is 0 Å². The van der Waals surface area contributed by atoms with Gasteiger partial charge in [0.2, 0.25) is 5.91 Å². The number of amides is 1. The van der Waals surface area contributed by atoms with Crippen LogP contribution >= 0.6 is 0 Å². The van der Waals surface area contributed by atoms with Gasteiger partial charge in [-0.15, -0.1) is 0 Å². The first-order valence-corrected chi connectivity index (χ1v) is 7.44. The number of anilines is 1. The quantitative estimate of drug-likeness (QED) is 0.796. The summed E-state index contributed by atoms with van der Waals surface area (Å²) in [5.41, 5.74) is 1.13. The minimum Gasteiger partial charge on any atom is -0.360 e. The predicted molar refractivity (Wildman–Crippen MR) is 88.5 cm³/mol. The standard InChI is InChI=1S/C17H16N4O3/c1-11-10-15(20-24-11)18-17(23)12(2)21-16(22)9-8-14(19-21)13-6-4-3-5-7-13/h3-10,12H,1-2H3,(H,18,20,23). The third kappa shape index (κ3) is 3.24. The van der Waals surface area contributed by atoms with Crippen molar-refractivity contribution in [2.45, 2.75) is 19.9 Å². The normalized spacial score (nSPS) is 11.9. The van der Waals surface area contributed by atoms with Crippen LogP contribution in [-0.4, -0.2) is 20.8 Å². The minimum atomic E-state index is -0.793. The van der Waals surface area contributed by atoms with Crippen molar-refractivity contribution >= 4 is 11.7 Å². The van der Waals surface area contributed by atoms with E-state index in [0.717, 1.165) is 10.2 Å². The number of aromatic nitrogens is 3. The molecular formula is C17H16N4O3. The summed E-state index contributed by atoms with van der Waals surface area (Å²) in [5, 5.41) is 10.6. The molecule has 0 spiro atoms. The smallest absolute Gasteiger partial charge is 0.267 e. The zero-order chi connectivity index (χ0) is 17.1. The number of nitrogens with one attached hydrogen (secondary N) is 1. The minimum absolute atomic E-state index is 0.302. The Hall–Kier alpha value is -3.22. The lowest BCUT2D eigenvalue weighted by molar-refractivity contribution is -0.119. The molecular weight excluding hydrogens is 308 g/mol. The summed E-state index contributed by atoms with van der Waals surface area (Å²) in [4.78, 5) is 24.4. The third-order valence-corrected chi connectivity index (χ3v) is 3.52. The molecule has 0 aliphatic carbocycles. The first-order valence-electron chi connectivity index (χ1n) is 7.44. The Bertz CT molecular complexity index is 915. The van der Waals surface area contributed by atoms with Crippen molar-refractivity contribution in [3.05, 3.63) is 64.6 Å². The number of rotatable bonds is 4. The lowest BCUT2D eigenvalue weighted by Crippen LogP contribution is -2.33. The maximum absolute atomic E-state index is 12.3. The van der Waals surface area contributed by atoms with Gasteiger partial charge in [0.25, 0.3) is 5.56 Å². The fraction of sp³-hybridized carbons (Fsp3) is 0.176. The van der Waals surface area contributed by atoms with Gasteiger partial charge in [0, 0.05) is 17.7 Å². The molecule has 0 saturated carbocycles. The zero-order valence-electron chi connectivity index (χ0n) is 13.3. The lowest BCUT2D eigenvalue weighted by Gasteiger charge is -2.13. The maximum atomic E-state index is 12.3. The molecule has 7 heteroatoms. The van der Waals surface area contributed by atoms with Crippen molar-refractivity contribution < 1.29 is 9.32 Å². The maximum Gasteiger partial charge on any atom is 0.267 e. The summed E-state index contributed by atoms with van der Waals surface area (Å²) in [6.07, 6.45) is 0. The van der Waals surface area contributed by atoms with Crippen LogP contribution in [0.5, 0.6) is 0 Å². The van der Waals surface area contributed by atoms with Crippen LogP contribution in [0.4, 0.5) is 5.82 Å². The highest BCUT2D eigenvalue weighted by atomic mass is 16.5. The predicted octanol–water partition coefficient (Wildman–Crippen LogP) is 2.41. The molecule has 3 rings (SSSR count). The van der Waals surface area contributed by atoms with Crippen LogP contribution in [0.2, 0.25) is 0 Å². The second-order valence-electron chi connectivity index (χ2n) is 5.36. The molecule has 1 unspecified atom stereocenters. The van der Waals surface area contributed by atoms with Crippen LogP contribution in [0.1, 0.15) is 18.7 Å². The van der Waals surface area contributed by atoms with Gasteiger partial charge in [-0.25, -0.2) is 4.68 Å². The summed E-state index contributed by atoms with van der Waals surface area (Å²) in [7, 11) is 0. The van der Waals surface area contributed by atoms with Crippen molar-refractivity contribution in [2.24, 2.45) is 0 Å². The van der Waals surface area contributed by atoms with E-state index in [9.17, 15) is 9.59 Å². The highest BCUT2D eigenvalue weighted by Gasteiger charge is 2.19. The van der Waals surface area contributed by atoms with Crippen molar-refractivity contribution in [3.8, 4) is 11.3 Å². The van der Waals surface area contributed by atoms with E-state index in [1.807, 2.05) is 30.3 Å². The monoisotopic (exact) mass is 324 g/mol. The first kappa shape index (κ1) is 15.7. The SMILES string of the molecule is Cc1cc(NC(=O)C(C)n2nc(-c3ccccc3)ccc2=O)no1. The molecule has 1 N–H and O–H groups in total. The van der Waals surface area contributed by atoms with Crippen molar-refractivity contribution in [1.82, 2.24) is 14.9 Å². The molecule has 7 nitrogen and oxygen atoms in total. The molecule has 0 aliphatic heterocycles. The molecule has 0 aliphatic rings. The molecule has 1 amide bonds. The molecule has 2 heterocycles. The van der Waals surface area contributed by atoms with Crippen molar-refractivity contribution in [3.63, 3.8) is 0 Å². The highest BCUT2D eigenvalue weighted by Crippen LogP contribution is 2.16. The molecule has 1 atom stereocenters. The van der Waals surface area contributed by atoms with E-state index >= 15 is 0 Å². The first-order chi connectivity index (χ1) is 11.5. The molecule has 0 saturated heterocycles. The summed E-state index contributed by atoms with van der Waals surface area (Å²) < 4.78 is 6.06. The molecule has 3 aromatic rings. The van der Waals surface area contributed by atoms with Crippen LogP contribution in [0.3, 0.4) is 0 Å². The van der Waals surface area contributed by atoms with Gasteiger partial charge in [-0.3, -0.25) is 9.59 Å². The second kappa shape index (κ2) is 6.49. The summed E-state index contributed by atoms with van der Waals surface area (Å²) >= 11 is 0. The molecule has 0 radical (unpaired) electrons. The number of benzene rings is 1. The van der Waals surface area contributed by atoms with Crippen LogP contribution in [0.25, 0.3) is 11.3 Å². The van der Waals surface area contributed by atoms with Gasteiger partial charge in [-0.1, -0.05) is 35.5 Å². The molecule has 24 heavy (non-hydrogen) atoms. The van der Waals surface area contributed by atoms with E-state index in [4.69, 9.17) is 4.52 Å². The van der Waals surface area contributed by atoms with E-state index in [0.29, 0.717) is 17.3 Å². The second-order valence-corrected chi connectivity index (χ2v) is 5.36. The zero-order valence-corrected chi connectivity index (χ0v) is 13.3. The Balaban J connectivity index is 1.87. The van der Waals surface area contributed by atoms with Gasteiger partial charge in [0.05, 0.1) is 5.69 Å². The van der Waals surface area contributed by atoms with Crippen molar-refractivity contribution in [1.29, 1.82) is 0 Å². The Morgan fingerprint density at radius 3 is 2.62 bits per heavy atom. The molecule has 122 valence electrons. The molecule has 0 bridgehead atoms. The van der Waals surface area contributed by atoms with E-state index in [2.05, 4.69) is 15.6 Å². The van der Waals surface area contributed by atoms with Crippen molar-refractivity contribution in [2.75, 3.05) is 5.32 Å². The van der Waals surface area contributed by atoms with Gasteiger partial charge in [-0.05, 0) is 19.9 Å². The van der Waals surface area contributed by atoms with Gasteiger partial charge in [0.1, 0.15) is 11.8 Å². The Labute approximate surface area is 137 Å². The van der Waals surface area contributed by atoms with Gasteiger partial charge in [0.15, 0.2) is 5.82 Å². The van der Waals surface area contributed by atoms with E-state index in [1.165, 1.54) is 6.07 Å². The van der Waals surface area contributed by atoms with Crippen LogP contribution < -0.4 is 10.9 Å². The Morgan fingerprint density at radius 1 is 1.21 bits per heavy atom. The van der Waals surface area contributed by atoms with E-state index < -0.39 is 11.9 Å². The van der Waals surface area contributed by atoms with Gasteiger partial charge in [-0.2, -0.15) is 5.10 Å². The van der Waals surface area contributed by atoms with Crippen LogP contribution in [-0.2, 0) is 4.79 Å². The number of carbonyl (C=O) groups excluding carboxylic acids is 1. The van der Waals surface area contributed by atoms with E-state index in [1.54, 1.807) is 26.0 Å². The molecule has 2 aromatic heterocycles. The number of aryl methyl sites for hydroxylation is 1. The summed E-state index contributed by atoms with van der Waals surface area (Å²) in [5.74, 6) is 0.485. The van der Waals surface area contributed by atoms with Crippen LogP contribution in [0, 0.1) is 6.92 Å². The topological polar surface area (TPSA) is 90.0 Å². The largest absolute Gasteiger partial charge is 0.360 e. The molecule has 1 aromatic carbocycles. The number of hydrogen-bond donors (Lipinski definition) is 1.